The molecule has 0 spiro atoms. The van der Waals surface area contributed by atoms with E-state index in [1.165, 1.54) is 0 Å². The van der Waals surface area contributed by atoms with Gasteiger partial charge in [0.15, 0.2) is 0 Å². The van der Waals surface area contributed by atoms with E-state index in [1.807, 2.05) is 54.7 Å². The summed E-state index contributed by atoms with van der Waals surface area (Å²) in [4.78, 5) is 50.6. The van der Waals surface area contributed by atoms with Crippen LogP contribution in [0.25, 0.3) is 23.1 Å². The number of rotatable bonds is 10. The second-order valence-electron chi connectivity index (χ2n) is 10.6. The lowest BCUT2D eigenvalue weighted by Crippen LogP contribution is -2.41. The third-order valence-corrected chi connectivity index (χ3v) is 7.44. The van der Waals surface area contributed by atoms with Crippen LogP contribution in [0.5, 0.6) is 0 Å². The molecule has 0 bridgehead atoms. The van der Waals surface area contributed by atoms with Crippen LogP contribution in [0.1, 0.15) is 42.5 Å². The predicted octanol–water partition coefficient (Wildman–Crippen LogP) is 4.63. The van der Waals surface area contributed by atoms with Gasteiger partial charge in [0, 0.05) is 55.7 Å². The van der Waals surface area contributed by atoms with Crippen LogP contribution < -0.4 is 16.0 Å². The number of nitrogens with zero attached hydrogens (tertiary/aromatic N) is 2. The molecule has 0 radical (unpaired) electrons. The van der Waals surface area contributed by atoms with Gasteiger partial charge in [-0.1, -0.05) is 42.5 Å². The van der Waals surface area contributed by atoms with Crippen molar-refractivity contribution in [3.63, 3.8) is 0 Å². The fourth-order valence-electron chi connectivity index (χ4n) is 4.96. The number of pyridine rings is 1. The van der Waals surface area contributed by atoms with Gasteiger partial charge in [-0.2, -0.15) is 0 Å². The van der Waals surface area contributed by atoms with Gasteiger partial charge in [0.1, 0.15) is 11.4 Å². The monoisotopic (exact) mass is 603 g/mol. The van der Waals surface area contributed by atoms with Crippen LogP contribution in [-0.2, 0) is 4.74 Å². The number of ether oxygens (including phenoxy) is 1. The van der Waals surface area contributed by atoms with E-state index in [0.29, 0.717) is 42.4 Å². The lowest BCUT2D eigenvalue weighted by Gasteiger charge is -2.26. The van der Waals surface area contributed by atoms with E-state index in [2.05, 4.69) is 41.9 Å². The molecule has 6 rings (SSSR count). The normalized spacial score (nSPS) is 13.6. The average Bonchev–Trinajstić information content (AvgIpc) is 3.74. The van der Waals surface area contributed by atoms with Gasteiger partial charge in [-0.05, 0) is 47.5 Å². The molecule has 0 aliphatic carbocycles. The molecular formula is C34H33N7O4. The molecule has 11 heteroatoms. The first kappa shape index (κ1) is 29.5. The Labute approximate surface area is 259 Å². The van der Waals surface area contributed by atoms with Gasteiger partial charge in [-0.3, -0.25) is 24.3 Å². The number of fused-ring (bicyclic) bond motifs is 1. The molecule has 2 aromatic carbocycles. The number of carbonyl (C=O) groups excluding carboxylic acids is 3. The third kappa shape index (κ3) is 7.71. The first-order valence-electron chi connectivity index (χ1n) is 14.7. The largest absolute Gasteiger partial charge is 0.379 e. The lowest BCUT2D eigenvalue weighted by atomic mass is 10.1. The molecule has 0 atom stereocenters. The van der Waals surface area contributed by atoms with Crippen LogP contribution in [0.3, 0.4) is 0 Å². The third-order valence-electron chi connectivity index (χ3n) is 7.44. The molecule has 3 amide bonds. The fraction of sp³-hybridized carbons (Fsp3) is 0.176. The van der Waals surface area contributed by atoms with Gasteiger partial charge in [0.05, 0.1) is 30.1 Å². The Balaban J connectivity index is 0.980. The Morgan fingerprint density at radius 1 is 0.800 bits per heavy atom. The summed E-state index contributed by atoms with van der Waals surface area (Å²) < 4.78 is 5.34. The van der Waals surface area contributed by atoms with Crippen molar-refractivity contribution in [2.24, 2.45) is 0 Å². The lowest BCUT2D eigenvalue weighted by molar-refractivity contribution is 0.0383. The highest BCUT2D eigenvalue weighted by atomic mass is 16.5. The van der Waals surface area contributed by atoms with Crippen LogP contribution in [0.2, 0.25) is 0 Å². The smallest absolute Gasteiger partial charge is 0.272 e. The summed E-state index contributed by atoms with van der Waals surface area (Å²) in [5, 5.41) is 9.52. The van der Waals surface area contributed by atoms with Gasteiger partial charge in [0.25, 0.3) is 17.7 Å². The SMILES string of the molecule is O=C(Nc1c[nH]c(C(=O)Nc2c[nH]c(C(=O)NCCN3CCOCC3)c2)c1)c1ccc(/C=C/c2cnc3ccccc3c2)cc1. The number of hydrogen-bond acceptors (Lipinski definition) is 6. The standard InChI is InChI=1S/C34H33N7O4/c42-32(25-9-7-23(8-10-25)5-6-24-17-26-3-1-2-4-29(26)36-20-24)39-27-19-31(38-21-27)34(44)40-28-18-30(37-22-28)33(43)35-11-12-41-13-15-45-16-14-41/h1-10,17-22,37-38H,11-16H2,(H,35,43)(H,39,42)(H,40,44)/b6-5+. The highest BCUT2D eigenvalue weighted by Gasteiger charge is 2.15. The number of carbonyl (C=O) groups is 3. The van der Waals surface area contributed by atoms with E-state index < -0.39 is 5.91 Å². The minimum absolute atomic E-state index is 0.250. The first-order valence-corrected chi connectivity index (χ1v) is 14.7. The van der Waals surface area contributed by atoms with Gasteiger partial charge in [-0.25, -0.2) is 0 Å². The van der Waals surface area contributed by atoms with Crippen molar-refractivity contribution >= 4 is 52.2 Å². The van der Waals surface area contributed by atoms with Crippen molar-refractivity contribution in [3.8, 4) is 0 Å². The van der Waals surface area contributed by atoms with Gasteiger partial charge in [-0.15, -0.1) is 0 Å². The number of H-pyrrole nitrogens is 2. The average molecular weight is 604 g/mol. The van der Waals surface area contributed by atoms with Crippen molar-refractivity contribution in [1.29, 1.82) is 0 Å². The Morgan fingerprint density at radius 3 is 2.22 bits per heavy atom. The minimum atomic E-state index is -0.411. The molecular weight excluding hydrogens is 570 g/mol. The number of amides is 3. The molecule has 3 aromatic heterocycles. The zero-order chi connectivity index (χ0) is 31.0. The van der Waals surface area contributed by atoms with E-state index in [-0.39, 0.29) is 17.5 Å². The molecule has 1 aliphatic heterocycles. The molecule has 4 heterocycles. The number of para-hydroxylation sites is 1. The maximum absolute atomic E-state index is 12.8. The van der Waals surface area contributed by atoms with Crippen LogP contribution in [0.4, 0.5) is 11.4 Å². The molecule has 5 N–H and O–H groups in total. The second kappa shape index (κ2) is 13.8. The van der Waals surface area contributed by atoms with Gasteiger partial charge < -0.3 is 30.7 Å². The minimum Gasteiger partial charge on any atom is -0.379 e. The molecule has 228 valence electrons. The number of benzene rings is 2. The Kier molecular flexibility index (Phi) is 9.09. The number of anilines is 2. The maximum Gasteiger partial charge on any atom is 0.272 e. The highest BCUT2D eigenvalue weighted by Crippen LogP contribution is 2.17. The van der Waals surface area contributed by atoms with E-state index in [4.69, 9.17) is 4.74 Å². The van der Waals surface area contributed by atoms with E-state index in [0.717, 1.165) is 41.7 Å². The van der Waals surface area contributed by atoms with Crippen LogP contribution in [0, 0.1) is 0 Å². The van der Waals surface area contributed by atoms with E-state index in [1.54, 1.807) is 36.7 Å². The topological polar surface area (TPSA) is 144 Å². The number of aromatic amines is 2. The zero-order valence-electron chi connectivity index (χ0n) is 24.5. The predicted molar refractivity (Wildman–Crippen MR) is 174 cm³/mol. The summed E-state index contributed by atoms with van der Waals surface area (Å²) in [5.41, 5.74) is 4.86. The number of nitrogens with one attached hydrogen (secondary N) is 5. The first-order chi connectivity index (χ1) is 22.0. The molecule has 45 heavy (non-hydrogen) atoms. The molecule has 0 saturated carbocycles. The fourth-order valence-corrected chi connectivity index (χ4v) is 4.96. The quantitative estimate of drug-likeness (QED) is 0.158. The van der Waals surface area contributed by atoms with Crippen molar-refractivity contribution < 1.29 is 19.1 Å². The summed E-state index contributed by atoms with van der Waals surface area (Å²) in [6.07, 6.45) is 8.88. The van der Waals surface area contributed by atoms with E-state index >= 15 is 0 Å². The molecule has 1 aliphatic rings. The van der Waals surface area contributed by atoms with Gasteiger partial charge >= 0.3 is 0 Å². The van der Waals surface area contributed by atoms with Crippen molar-refractivity contribution in [2.75, 3.05) is 50.0 Å². The number of aromatic nitrogens is 3. The van der Waals surface area contributed by atoms with Crippen LogP contribution in [0.15, 0.2) is 85.3 Å². The summed E-state index contributed by atoms with van der Waals surface area (Å²) in [7, 11) is 0. The van der Waals surface area contributed by atoms with E-state index in [9.17, 15) is 14.4 Å². The van der Waals surface area contributed by atoms with Crippen molar-refractivity contribution in [1.82, 2.24) is 25.2 Å². The number of hydrogen-bond donors (Lipinski definition) is 5. The second-order valence-corrected chi connectivity index (χ2v) is 10.6. The highest BCUT2D eigenvalue weighted by molar-refractivity contribution is 6.07. The Hall–Kier alpha value is -5.52. The number of morpholine rings is 1. The molecule has 0 unspecified atom stereocenters. The Bertz CT molecular complexity index is 1830. The van der Waals surface area contributed by atoms with Crippen LogP contribution in [-0.4, -0.2) is 77.0 Å². The summed E-state index contributed by atoms with van der Waals surface area (Å²) in [6.45, 7) is 4.40. The summed E-state index contributed by atoms with van der Waals surface area (Å²) in [5.74, 6) is -0.962. The van der Waals surface area contributed by atoms with Crippen molar-refractivity contribution in [2.45, 2.75) is 0 Å². The Morgan fingerprint density at radius 2 is 1.47 bits per heavy atom. The van der Waals surface area contributed by atoms with Crippen molar-refractivity contribution in [3.05, 3.63) is 113 Å². The summed E-state index contributed by atoms with van der Waals surface area (Å²) >= 11 is 0. The summed E-state index contributed by atoms with van der Waals surface area (Å²) in [6, 6.07) is 20.4. The van der Waals surface area contributed by atoms with Gasteiger partial charge in [0.2, 0.25) is 0 Å². The zero-order valence-corrected chi connectivity index (χ0v) is 24.5. The molecule has 11 nitrogen and oxygen atoms in total. The molecule has 5 aromatic rings. The molecule has 1 fully saturated rings. The molecule has 1 saturated heterocycles. The van der Waals surface area contributed by atoms with Crippen LogP contribution >= 0.6 is 0 Å². The maximum atomic E-state index is 12.8.